The molecule has 2 saturated heterocycles. The van der Waals surface area contributed by atoms with Crippen LogP contribution in [0, 0.1) is 11.8 Å². The molecular weight excluding hydrogens is 500 g/mol. The second kappa shape index (κ2) is 9.26. The van der Waals surface area contributed by atoms with Gasteiger partial charge in [0.25, 0.3) is 0 Å². The van der Waals surface area contributed by atoms with E-state index >= 15 is 0 Å². The van der Waals surface area contributed by atoms with E-state index in [0.717, 1.165) is 11.3 Å². The molecule has 4 rings (SSSR count). The first-order valence-electron chi connectivity index (χ1n) is 10.9. The van der Waals surface area contributed by atoms with Gasteiger partial charge in [-0.1, -0.05) is 13.0 Å². The van der Waals surface area contributed by atoms with Gasteiger partial charge in [0.1, 0.15) is 9.91 Å². The maximum atomic E-state index is 13.0. The summed E-state index contributed by atoms with van der Waals surface area (Å²) in [5.41, 5.74) is -0.0283. The Balaban J connectivity index is 1.50. The zero-order chi connectivity index (χ0) is 24.9. The summed E-state index contributed by atoms with van der Waals surface area (Å²) < 4.78 is 28.1. The number of thiophene rings is 1. The van der Waals surface area contributed by atoms with Crippen LogP contribution in [0.4, 0.5) is 0 Å². The Hall–Kier alpha value is -1.93. The van der Waals surface area contributed by atoms with Crippen molar-refractivity contribution in [2.75, 3.05) is 20.6 Å². The van der Waals surface area contributed by atoms with Crippen LogP contribution in [0.1, 0.15) is 20.3 Å². The van der Waals surface area contributed by atoms with Crippen LogP contribution in [0.15, 0.2) is 32.3 Å². The number of likely N-dealkylation sites (N-methyl/N-ethyl adjacent to an activating group) is 1. The molecule has 0 aliphatic carbocycles. The van der Waals surface area contributed by atoms with Gasteiger partial charge in [-0.25, -0.2) is 17.9 Å². The summed E-state index contributed by atoms with van der Waals surface area (Å²) in [4.78, 5) is 40.9. The number of fused-ring (bicyclic) bond motifs is 1. The highest BCUT2D eigenvalue weighted by atomic mass is 32.2. The van der Waals surface area contributed by atoms with E-state index in [9.17, 15) is 27.9 Å². The molecule has 6 atom stereocenters. The minimum absolute atomic E-state index is 0.0114. The topological polar surface area (TPSA) is 136 Å². The van der Waals surface area contributed by atoms with E-state index in [1.165, 1.54) is 27.6 Å². The first-order chi connectivity index (χ1) is 15.9. The maximum absolute atomic E-state index is 13.0. The maximum Gasteiger partial charge on any atom is 0.353 e. The molecule has 0 radical (unpaired) electrons. The number of rotatable bonds is 8. The van der Waals surface area contributed by atoms with Gasteiger partial charge in [-0.05, 0) is 24.8 Å². The van der Waals surface area contributed by atoms with Gasteiger partial charge in [0.05, 0.1) is 18.0 Å². The van der Waals surface area contributed by atoms with Crippen molar-refractivity contribution in [1.82, 2.24) is 19.8 Å². The number of hydrogen-bond donors (Lipinski definition) is 3. The van der Waals surface area contributed by atoms with Gasteiger partial charge in [-0.15, -0.1) is 23.1 Å². The highest BCUT2D eigenvalue weighted by Gasteiger charge is 2.60. The predicted octanol–water partition coefficient (Wildman–Crippen LogP) is 0.740. The lowest BCUT2D eigenvalue weighted by Gasteiger charge is -2.47. The lowest BCUT2D eigenvalue weighted by molar-refractivity contribution is -0.157. The normalized spacial score (nSPS) is 29.7. The fourth-order valence-electron chi connectivity index (χ4n) is 4.96. The van der Waals surface area contributed by atoms with E-state index in [1.54, 1.807) is 32.5 Å². The van der Waals surface area contributed by atoms with E-state index in [4.69, 9.17) is 0 Å². The Morgan fingerprint density at radius 3 is 2.68 bits per heavy atom. The quantitative estimate of drug-likeness (QED) is 0.421. The first-order valence-corrected chi connectivity index (χ1v) is 14.2. The van der Waals surface area contributed by atoms with Crippen LogP contribution in [-0.4, -0.2) is 85.1 Å². The fourth-order valence-corrected chi connectivity index (χ4v) is 8.72. The molecule has 1 aromatic rings. The summed E-state index contributed by atoms with van der Waals surface area (Å²) in [6, 6.07) is 1.68. The minimum Gasteiger partial charge on any atom is -0.477 e. The van der Waals surface area contributed by atoms with E-state index < -0.39 is 39.9 Å². The molecule has 3 aliphatic rings. The summed E-state index contributed by atoms with van der Waals surface area (Å²) >= 11 is 2.49. The molecule has 2 fully saturated rings. The fraction of sp³-hybridized carbons (Fsp3) is 0.571. The molecule has 1 aromatic heterocycles. The molecule has 0 bridgehead atoms. The Labute approximate surface area is 206 Å². The Bertz CT molecular complexity index is 1130. The van der Waals surface area contributed by atoms with Gasteiger partial charge < -0.3 is 20.2 Å². The molecule has 2 amide bonds. The molecule has 0 saturated carbocycles. The van der Waals surface area contributed by atoms with Gasteiger partial charge in [0, 0.05) is 42.8 Å². The summed E-state index contributed by atoms with van der Waals surface area (Å²) in [6.45, 7) is 4.07. The minimum atomic E-state index is -3.77. The number of carboxylic acid groups (broad SMARTS) is 1. The summed E-state index contributed by atoms with van der Waals surface area (Å²) in [5, 5.41) is 14.8. The van der Waals surface area contributed by atoms with Gasteiger partial charge in [0.15, 0.2) is 0 Å². The summed E-state index contributed by atoms with van der Waals surface area (Å²) in [7, 11) is -0.385. The van der Waals surface area contributed by atoms with Crippen LogP contribution < -0.4 is 10.0 Å². The van der Waals surface area contributed by atoms with E-state index in [1.807, 2.05) is 6.92 Å². The largest absolute Gasteiger partial charge is 0.477 e. The van der Waals surface area contributed by atoms with Crippen molar-refractivity contribution >= 4 is 50.9 Å². The van der Waals surface area contributed by atoms with Crippen molar-refractivity contribution in [2.45, 2.75) is 47.9 Å². The molecular formula is C21H28N4O6S3. The number of amides is 2. The Kier molecular flexibility index (Phi) is 6.86. The van der Waals surface area contributed by atoms with Gasteiger partial charge in [0.2, 0.25) is 21.8 Å². The number of thioether (sulfide) groups is 1. The van der Waals surface area contributed by atoms with Crippen molar-refractivity contribution in [1.29, 1.82) is 0 Å². The number of aliphatic carboxylic acids is 1. The number of carbonyl (C=O) groups excluding carboxylic acids is 2. The van der Waals surface area contributed by atoms with Crippen molar-refractivity contribution < 1.29 is 27.9 Å². The molecule has 1 unspecified atom stereocenters. The predicted molar refractivity (Wildman–Crippen MR) is 129 cm³/mol. The van der Waals surface area contributed by atoms with Crippen molar-refractivity contribution in [3.05, 3.63) is 28.1 Å². The Morgan fingerprint density at radius 1 is 1.38 bits per heavy atom. The SMILES string of the molecule is C[C@@H](NS(=O)(=O)c1cccs1)[C@H]1C(=O)N2C(C(=O)O)=C(SC3CN[C@H](C(=O)N(C)C)C3)[C@H](C)[C@@H]12. The van der Waals surface area contributed by atoms with Gasteiger partial charge in [-0.3, -0.25) is 9.59 Å². The van der Waals surface area contributed by atoms with Crippen LogP contribution in [0.5, 0.6) is 0 Å². The first kappa shape index (κ1) is 25.2. The molecule has 3 aliphatic heterocycles. The molecule has 10 nitrogen and oxygen atoms in total. The molecule has 3 N–H and O–H groups in total. The number of sulfonamides is 1. The van der Waals surface area contributed by atoms with Crippen molar-refractivity contribution in [3.63, 3.8) is 0 Å². The average Bonchev–Trinajstić information content (AvgIpc) is 3.48. The van der Waals surface area contributed by atoms with Crippen LogP contribution in [0.3, 0.4) is 0 Å². The highest BCUT2D eigenvalue weighted by molar-refractivity contribution is 8.03. The smallest absolute Gasteiger partial charge is 0.353 e. The molecule has 34 heavy (non-hydrogen) atoms. The number of nitrogens with zero attached hydrogens (tertiary/aromatic N) is 2. The lowest BCUT2D eigenvalue weighted by atomic mass is 9.78. The molecule has 0 aromatic carbocycles. The van der Waals surface area contributed by atoms with Crippen LogP contribution in [0.25, 0.3) is 0 Å². The second-order valence-corrected chi connectivity index (χ2v) is 13.3. The Morgan fingerprint density at radius 2 is 2.09 bits per heavy atom. The second-order valence-electron chi connectivity index (χ2n) is 9.04. The number of carbonyl (C=O) groups is 3. The van der Waals surface area contributed by atoms with Crippen molar-refractivity contribution in [3.8, 4) is 0 Å². The highest BCUT2D eigenvalue weighted by Crippen LogP contribution is 2.52. The summed E-state index contributed by atoms with van der Waals surface area (Å²) in [5.74, 6) is -2.53. The van der Waals surface area contributed by atoms with Gasteiger partial charge >= 0.3 is 5.97 Å². The number of carboxylic acids is 1. The van der Waals surface area contributed by atoms with Crippen molar-refractivity contribution in [2.24, 2.45) is 11.8 Å². The number of β-lactam (4-membered cyclic amide) rings is 1. The van der Waals surface area contributed by atoms with E-state index in [-0.39, 0.29) is 33.0 Å². The zero-order valence-electron chi connectivity index (χ0n) is 19.2. The third kappa shape index (κ3) is 4.28. The van der Waals surface area contributed by atoms with Gasteiger partial charge in [-0.2, -0.15) is 0 Å². The van der Waals surface area contributed by atoms with Crippen LogP contribution >= 0.6 is 23.1 Å². The number of hydrogen-bond acceptors (Lipinski definition) is 8. The van der Waals surface area contributed by atoms with E-state index in [2.05, 4.69) is 10.0 Å². The average molecular weight is 529 g/mol. The molecule has 186 valence electrons. The third-order valence-electron chi connectivity index (χ3n) is 6.55. The molecule has 0 spiro atoms. The van der Waals surface area contributed by atoms with Crippen LogP contribution in [-0.2, 0) is 24.4 Å². The monoisotopic (exact) mass is 528 g/mol. The summed E-state index contributed by atoms with van der Waals surface area (Å²) in [6.07, 6.45) is 0.559. The molecule has 4 heterocycles. The number of nitrogens with one attached hydrogen (secondary N) is 2. The standard InChI is InChI=1S/C21H28N4O6S3/c1-10-16-15(11(2)23-34(30,31)14-6-5-7-32-14)20(27)25(16)17(21(28)29)18(10)33-12-8-13(22-9-12)19(26)24(3)4/h5-7,10-13,15-16,22-23H,8-9H2,1-4H3,(H,28,29)/t10-,11-,12?,13+,15-,16+/m1/s1. The van der Waals surface area contributed by atoms with E-state index in [0.29, 0.717) is 17.9 Å². The third-order valence-corrected chi connectivity index (χ3v) is 11.0. The lowest BCUT2D eigenvalue weighted by Crippen LogP contribution is -2.66. The zero-order valence-corrected chi connectivity index (χ0v) is 21.7. The van der Waals surface area contributed by atoms with Crippen LogP contribution in [0.2, 0.25) is 0 Å². The molecule has 13 heteroatoms.